The maximum absolute atomic E-state index is 5.79. The molecule has 0 aromatic carbocycles. The molecule has 0 atom stereocenters. The Balaban J connectivity index is 2.00. The predicted molar refractivity (Wildman–Crippen MR) is 66.1 cm³/mol. The van der Waals surface area contributed by atoms with Gasteiger partial charge in [-0.15, -0.1) is 0 Å². The van der Waals surface area contributed by atoms with Crippen LogP contribution < -0.4 is 5.73 Å². The maximum atomic E-state index is 5.79. The Morgan fingerprint density at radius 3 is 2.69 bits per heavy atom. The highest BCUT2D eigenvalue weighted by Gasteiger charge is 2.17. The van der Waals surface area contributed by atoms with Gasteiger partial charge in [-0.3, -0.25) is 0 Å². The molecule has 1 aliphatic carbocycles. The first kappa shape index (κ1) is 11.6. The van der Waals surface area contributed by atoms with Gasteiger partial charge >= 0.3 is 0 Å². The molecule has 3 heteroatoms. The molecule has 0 saturated heterocycles. The van der Waals surface area contributed by atoms with E-state index in [9.17, 15) is 0 Å². The minimum Gasteiger partial charge on any atom is -0.334 e. The van der Waals surface area contributed by atoms with Gasteiger partial charge in [-0.2, -0.15) is 0 Å². The largest absolute Gasteiger partial charge is 0.334 e. The Hall–Kier alpha value is -0.830. The van der Waals surface area contributed by atoms with Crippen molar-refractivity contribution in [2.75, 3.05) is 0 Å². The molecule has 1 fully saturated rings. The number of nitrogens with zero attached hydrogens (tertiary/aromatic N) is 2. The van der Waals surface area contributed by atoms with Crippen molar-refractivity contribution in [1.29, 1.82) is 0 Å². The van der Waals surface area contributed by atoms with Gasteiger partial charge in [0, 0.05) is 13.6 Å². The fourth-order valence-electron chi connectivity index (χ4n) is 2.82. The monoisotopic (exact) mass is 221 g/mol. The Bertz CT molecular complexity index is 348. The first-order valence-corrected chi connectivity index (χ1v) is 6.43. The number of hydrogen-bond acceptors (Lipinski definition) is 2. The molecular formula is C13H23N3. The number of nitrogens with two attached hydrogens (primary N) is 1. The van der Waals surface area contributed by atoms with Gasteiger partial charge in [-0.1, -0.05) is 25.7 Å². The highest BCUT2D eigenvalue weighted by molar-refractivity contribution is 5.16. The van der Waals surface area contributed by atoms with Gasteiger partial charge in [-0.05, 0) is 25.7 Å². The van der Waals surface area contributed by atoms with Crippen LogP contribution in [0, 0.1) is 12.8 Å². The van der Waals surface area contributed by atoms with Gasteiger partial charge < -0.3 is 10.3 Å². The van der Waals surface area contributed by atoms with E-state index in [1.165, 1.54) is 43.5 Å². The number of aromatic nitrogens is 2. The average Bonchev–Trinajstić information content (AvgIpc) is 2.86. The molecule has 0 radical (unpaired) electrons. The quantitative estimate of drug-likeness (QED) is 0.848. The van der Waals surface area contributed by atoms with Crippen molar-refractivity contribution in [1.82, 2.24) is 9.55 Å². The fourth-order valence-corrected chi connectivity index (χ4v) is 2.82. The number of rotatable bonds is 4. The van der Waals surface area contributed by atoms with Crippen molar-refractivity contribution < 1.29 is 0 Å². The lowest BCUT2D eigenvalue weighted by Crippen LogP contribution is -2.07. The molecule has 1 aliphatic rings. The molecule has 0 bridgehead atoms. The lowest BCUT2D eigenvalue weighted by molar-refractivity contribution is 0.500. The fraction of sp³-hybridized carbons (Fsp3) is 0.769. The zero-order valence-electron chi connectivity index (χ0n) is 10.5. The molecular weight excluding hydrogens is 198 g/mol. The predicted octanol–water partition coefficient (Wildman–Crippen LogP) is 2.31. The van der Waals surface area contributed by atoms with E-state index in [1.54, 1.807) is 0 Å². The molecule has 1 aromatic rings. The SMILES string of the molecule is Cc1nc(CCC2CCCC2)c(CN)n1C. The van der Waals surface area contributed by atoms with Crippen molar-refractivity contribution in [2.24, 2.45) is 18.7 Å². The molecule has 16 heavy (non-hydrogen) atoms. The first-order valence-electron chi connectivity index (χ1n) is 6.43. The van der Waals surface area contributed by atoms with Gasteiger partial charge in [0.1, 0.15) is 5.82 Å². The van der Waals surface area contributed by atoms with Crippen LogP contribution in [0.4, 0.5) is 0 Å². The summed E-state index contributed by atoms with van der Waals surface area (Å²) in [5, 5.41) is 0. The molecule has 90 valence electrons. The second-order valence-electron chi connectivity index (χ2n) is 5.00. The summed E-state index contributed by atoms with van der Waals surface area (Å²) in [6, 6.07) is 0. The third kappa shape index (κ3) is 2.29. The van der Waals surface area contributed by atoms with Crippen molar-refractivity contribution >= 4 is 0 Å². The number of aryl methyl sites for hydroxylation is 2. The minimum absolute atomic E-state index is 0.608. The zero-order chi connectivity index (χ0) is 11.5. The van der Waals surface area contributed by atoms with E-state index in [0.717, 1.165) is 18.2 Å². The van der Waals surface area contributed by atoms with Crippen molar-refractivity contribution in [3.8, 4) is 0 Å². The van der Waals surface area contributed by atoms with E-state index in [2.05, 4.69) is 23.5 Å². The molecule has 1 aromatic heterocycles. The first-order chi connectivity index (χ1) is 7.72. The van der Waals surface area contributed by atoms with Gasteiger partial charge in [-0.25, -0.2) is 4.98 Å². The Morgan fingerprint density at radius 2 is 2.06 bits per heavy atom. The van der Waals surface area contributed by atoms with Crippen LogP contribution >= 0.6 is 0 Å². The van der Waals surface area contributed by atoms with Crippen LogP contribution in [0.2, 0.25) is 0 Å². The third-order valence-corrected chi connectivity index (χ3v) is 3.98. The molecule has 1 heterocycles. The smallest absolute Gasteiger partial charge is 0.105 e. The average molecular weight is 221 g/mol. The summed E-state index contributed by atoms with van der Waals surface area (Å²) < 4.78 is 2.13. The van der Waals surface area contributed by atoms with E-state index in [1.807, 2.05) is 0 Å². The highest BCUT2D eigenvalue weighted by atomic mass is 15.1. The topological polar surface area (TPSA) is 43.8 Å². The Kier molecular flexibility index (Phi) is 3.64. The van der Waals surface area contributed by atoms with Crippen molar-refractivity contribution in [3.05, 3.63) is 17.2 Å². The van der Waals surface area contributed by atoms with Crippen LogP contribution in [0.3, 0.4) is 0 Å². The molecule has 0 aliphatic heterocycles. The van der Waals surface area contributed by atoms with Crippen LogP contribution in [0.25, 0.3) is 0 Å². The maximum Gasteiger partial charge on any atom is 0.105 e. The van der Waals surface area contributed by atoms with E-state index >= 15 is 0 Å². The van der Waals surface area contributed by atoms with E-state index in [4.69, 9.17) is 5.73 Å². The molecule has 3 nitrogen and oxygen atoms in total. The third-order valence-electron chi connectivity index (χ3n) is 3.98. The normalized spacial score (nSPS) is 17.2. The molecule has 0 spiro atoms. The lowest BCUT2D eigenvalue weighted by Gasteiger charge is -2.08. The summed E-state index contributed by atoms with van der Waals surface area (Å²) in [6.45, 7) is 2.66. The Labute approximate surface area is 98.1 Å². The van der Waals surface area contributed by atoms with Gasteiger partial charge in [0.15, 0.2) is 0 Å². The van der Waals surface area contributed by atoms with E-state index in [0.29, 0.717) is 6.54 Å². The second kappa shape index (κ2) is 5.00. The van der Waals surface area contributed by atoms with E-state index < -0.39 is 0 Å². The van der Waals surface area contributed by atoms with Gasteiger partial charge in [0.05, 0.1) is 11.4 Å². The van der Waals surface area contributed by atoms with Crippen molar-refractivity contribution in [3.63, 3.8) is 0 Å². The van der Waals surface area contributed by atoms with Gasteiger partial charge in [0.25, 0.3) is 0 Å². The summed E-state index contributed by atoms with van der Waals surface area (Å²) in [7, 11) is 2.06. The minimum atomic E-state index is 0.608. The summed E-state index contributed by atoms with van der Waals surface area (Å²) in [5.41, 5.74) is 8.24. The summed E-state index contributed by atoms with van der Waals surface area (Å²) in [4.78, 5) is 4.62. The molecule has 2 rings (SSSR count). The number of imidazole rings is 1. The molecule has 0 amide bonds. The van der Waals surface area contributed by atoms with Crippen LogP contribution in [-0.2, 0) is 20.0 Å². The zero-order valence-corrected chi connectivity index (χ0v) is 10.5. The molecule has 0 unspecified atom stereocenters. The summed E-state index contributed by atoms with van der Waals surface area (Å²) >= 11 is 0. The highest BCUT2D eigenvalue weighted by Crippen LogP contribution is 2.29. The Morgan fingerprint density at radius 1 is 1.38 bits per heavy atom. The van der Waals surface area contributed by atoms with Crippen molar-refractivity contribution in [2.45, 2.75) is 52.0 Å². The second-order valence-corrected chi connectivity index (χ2v) is 5.00. The lowest BCUT2D eigenvalue weighted by atomic mass is 10.00. The molecule has 2 N–H and O–H groups in total. The van der Waals surface area contributed by atoms with Gasteiger partial charge in [0.2, 0.25) is 0 Å². The summed E-state index contributed by atoms with van der Waals surface area (Å²) in [5.74, 6) is 2.02. The van der Waals surface area contributed by atoms with Crippen LogP contribution in [0.15, 0.2) is 0 Å². The number of hydrogen-bond donors (Lipinski definition) is 1. The molecule has 1 saturated carbocycles. The van der Waals surface area contributed by atoms with E-state index in [-0.39, 0.29) is 0 Å². The standard InChI is InChI=1S/C13H23N3/c1-10-15-12(13(9-14)16(10)2)8-7-11-5-3-4-6-11/h11H,3-9,14H2,1-2H3. The van der Waals surface area contributed by atoms with Crippen LogP contribution in [0.1, 0.15) is 49.3 Å². The van der Waals surface area contributed by atoms with Crippen LogP contribution in [-0.4, -0.2) is 9.55 Å². The van der Waals surface area contributed by atoms with Crippen LogP contribution in [0.5, 0.6) is 0 Å². The summed E-state index contributed by atoms with van der Waals surface area (Å²) in [6.07, 6.45) is 8.10.